The molecule has 172 valence electrons. The van der Waals surface area contributed by atoms with Gasteiger partial charge in [0.2, 0.25) is 5.89 Å². The Hall–Kier alpha value is -4.24. The van der Waals surface area contributed by atoms with Gasteiger partial charge in [-0.3, -0.25) is 13.9 Å². The van der Waals surface area contributed by atoms with Crippen molar-refractivity contribution < 1.29 is 9.15 Å². The van der Waals surface area contributed by atoms with E-state index in [1.54, 1.807) is 18.0 Å². The molecule has 0 fully saturated rings. The van der Waals surface area contributed by atoms with Gasteiger partial charge in [0.25, 0.3) is 5.56 Å². The van der Waals surface area contributed by atoms with Gasteiger partial charge in [-0.15, -0.1) is 0 Å². The predicted molar refractivity (Wildman–Crippen MR) is 127 cm³/mol. The molecule has 0 unspecified atom stereocenters. The number of methoxy groups -OCH3 is 1. The molecule has 0 aliphatic carbocycles. The van der Waals surface area contributed by atoms with E-state index in [-0.39, 0.29) is 13.1 Å². The number of benzene rings is 2. The molecule has 0 saturated carbocycles. The number of aromatic nitrogens is 5. The van der Waals surface area contributed by atoms with E-state index in [4.69, 9.17) is 9.15 Å². The van der Waals surface area contributed by atoms with E-state index >= 15 is 0 Å². The summed E-state index contributed by atoms with van der Waals surface area (Å²) in [7, 11) is 1.59. The number of hydrogen-bond acceptors (Lipinski definition) is 6. The zero-order chi connectivity index (χ0) is 23.5. The SMILES string of the molecule is COCCn1cnc2c1c(=O)n(Cc1coc(-c3ccccc3)n1)c(=O)n2Cc1ccccc1. The summed E-state index contributed by atoms with van der Waals surface area (Å²) in [6.45, 7) is 1.11. The van der Waals surface area contributed by atoms with Crippen molar-refractivity contribution in [2.45, 2.75) is 19.6 Å². The predicted octanol–water partition coefficient (Wildman–Crippen LogP) is 2.76. The summed E-state index contributed by atoms with van der Waals surface area (Å²) in [6.07, 6.45) is 3.04. The molecule has 0 bridgehead atoms. The lowest BCUT2D eigenvalue weighted by Crippen LogP contribution is -2.41. The highest BCUT2D eigenvalue weighted by atomic mass is 16.5. The molecule has 9 nitrogen and oxygen atoms in total. The maximum atomic E-state index is 13.5. The van der Waals surface area contributed by atoms with Crippen molar-refractivity contribution in [2.24, 2.45) is 0 Å². The molecule has 9 heteroatoms. The van der Waals surface area contributed by atoms with Gasteiger partial charge < -0.3 is 13.7 Å². The molecule has 0 radical (unpaired) electrons. The minimum absolute atomic E-state index is 0.0197. The largest absolute Gasteiger partial charge is 0.444 e. The maximum absolute atomic E-state index is 13.5. The smallest absolute Gasteiger partial charge is 0.333 e. The lowest BCUT2D eigenvalue weighted by Gasteiger charge is -2.12. The monoisotopic (exact) mass is 457 g/mol. The van der Waals surface area contributed by atoms with Gasteiger partial charge in [0.05, 0.1) is 31.7 Å². The van der Waals surface area contributed by atoms with Crippen LogP contribution in [0.5, 0.6) is 0 Å². The highest BCUT2D eigenvalue weighted by molar-refractivity contribution is 5.70. The molecule has 5 aromatic rings. The Labute approximate surface area is 194 Å². The zero-order valence-corrected chi connectivity index (χ0v) is 18.6. The first-order valence-electron chi connectivity index (χ1n) is 10.9. The average Bonchev–Trinajstić information content (AvgIpc) is 3.52. The van der Waals surface area contributed by atoms with Crippen LogP contribution in [-0.4, -0.2) is 37.4 Å². The van der Waals surface area contributed by atoms with Gasteiger partial charge in [-0.2, -0.15) is 0 Å². The second kappa shape index (κ2) is 9.32. The fraction of sp³-hybridized carbons (Fsp3) is 0.200. The lowest BCUT2D eigenvalue weighted by molar-refractivity contribution is 0.188. The fourth-order valence-electron chi connectivity index (χ4n) is 3.90. The number of nitrogens with zero attached hydrogens (tertiary/aromatic N) is 5. The molecule has 34 heavy (non-hydrogen) atoms. The number of fused-ring (bicyclic) bond motifs is 1. The number of imidazole rings is 1. The first-order valence-corrected chi connectivity index (χ1v) is 10.9. The summed E-state index contributed by atoms with van der Waals surface area (Å²) in [6, 6.07) is 19.0. The minimum Gasteiger partial charge on any atom is -0.444 e. The van der Waals surface area contributed by atoms with Crippen LogP contribution < -0.4 is 11.2 Å². The second-order valence-electron chi connectivity index (χ2n) is 7.86. The van der Waals surface area contributed by atoms with Crippen LogP contribution in [-0.2, 0) is 24.4 Å². The van der Waals surface area contributed by atoms with Gasteiger partial charge >= 0.3 is 5.69 Å². The Morgan fingerprint density at radius 1 is 0.941 bits per heavy atom. The van der Waals surface area contributed by atoms with Crippen LogP contribution in [0.1, 0.15) is 11.3 Å². The molecule has 2 aromatic carbocycles. The van der Waals surface area contributed by atoms with Crippen molar-refractivity contribution in [3.8, 4) is 11.5 Å². The van der Waals surface area contributed by atoms with Crippen molar-refractivity contribution in [2.75, 3.05) is 13.7 Å². The number of oxazole rings is 1. The zero-order valence-electron chi connectivity index (χ0n) is 18.6. The summed E-state index contributed by atoms with van der Waals surface area (Å²) >= 11 is 0. The van der Waals surface area contributed by atoms with Gasteiger partial charge in [0, 0.05) is 19.2 Å². The Balaban J connectivity index is 1.61. The Bertz CT molecular complexity index is 1530. The van der Waals surface area contributed by atoms with Crippen molar-refractivity contribution in [3.05, 3.63) is 105 Å². The molecule has 0 N–H and O–H groups in total. The van der Waals surface area contributed by atoms with Crippen molar-refractivity contribution in [1.82, 2.24) is 23.7 Å². The average molecular weight is 457 g/mol. The van der Waals surface area contributed by atoms with Crippen molar-refractivity contribution >= 4 is 11.2 Å². The van der Waals surface area contributed by atoms with E-state index in [0.29, 0.717) is 35.9 Å². The molecule has 0 aliphatic rings. The van der Waals surface area contributed by atoms with Crippen LogP contribution in [0.4, 0.5) is 0 Å². The molecule has 5 rings (SSSR count). The first kappa shape index (κ1) is 21.6. The molecule has 0 atom stereocenters. The Morgan fingerprint density at radius 2 is 1.68 bits per heavy atom. The lowest BCUT2D eigenvalue weighted by atomic mass is 10.2. The quantitative estimate of drug-likeness (QED) is 0.355. The van der Waals surface area contributed by atoms with Gasteiger partial charge in [-0.1, -0.05) is 48.5 Å². The van der Waals surface area contributed by atoms with Crippen LogP contribution >= 0.6 is 0 Å². The van der Waals surface area contributed by atoms with Crippen LogP contribution in [0, 0.1) is 0 Å². The number of rotatable bonds is 8. The molecular weight excluding hydrogens is 434 g/mol. The highest BCUT2D eigenvalue weighted by Gasteiger charge is 2.19. The third-order valence-electron chi connectivity index (χ3n) is 5.60. The van der Waals surface area contributed by atoms with Gasteiger partial charge in [0.15, 0.2) is 11.2 Å². The topological polar surface area (TPSA) is 97.1 Å². The first-order chi connectivity index (χ1) is 16.7. The molecular formula is C25H23N5O4. The van der Waals surface area contributed by atoms with Crippen LogP contribution in [0.3, 0.4) is 0 Å². The highest BCUT2D eigenvalue weighted by Crippen LogP contribution is 2.18. The summed E-state index contributed by atoms with van der Waals surface area (Å²) in [4.78, 5) is 35.9. The maximum Gasteiger partial charge on any atom is 0.333 e. The van der Waals surface area contributed by atoms with Crippen LogP contribution in [0.25, 0.3) is 22.6 Å². The van der Waals surface area contributed by atoms with Crippen molar-refractivity contribution in [3.63, 3.8) is 0 Å². The Kier molecular flexibility index (Phi) is 5.92. The molecule has 3 aromatic heterocycles. The molecule has 0 saturated heterocycles. The number of hydrogen-bond donors (Lipinski definition) is 0. The van der Waals surface area contributed by atoms with E-state index in [2.05, 4.69) is 9.97 Å². The molecule has 0 aliphatic heterocycles. The summed E-state index contributed by atoms with van der Waals surface area (Å²) in [5, 5.41) is 0. The summed E-state index contributed by atoms with van der Waals surface area (Å²) < 4.78 is 15.2. The summed E-state index contributed by atoms with van der Waals surface area (Å²) in [5.41, 5.74) is 2.03. The summed E-state index contributed by atoms with van der Waals surface area (Å²) in [5.74, 6) is 0.430. The molecule has 3 heterocycles. The molecule has 0 spiro atoms. The fourth-order valence-corrected chi connectivity index (χ4v) is 3.90. The van der Waals surface area contributed by atoms with E-state index in [9.17, 15) is 9.59 Å². The molecule has 0 amide bonds. The normalized spacial score (nSPS) is 11.3. The van der Waals surface area contributed by atoms with E-state index in [1.807, 2.05) is 60.7 Å². The van der Waals surface area contributed by atoms with Crippen molar-refractivity contribution in [1.29, 1.82) is 0 Å². The third-order valence-corrected chi connectivity index (χ3v) is 5.60. The Morgan fingerprint density at radius 3 is 2.41 bits per heavy atom. The van der Waals surface area contributed by atoms with E-state index < -0.39 is 11.2 Å². The van der Waals surface area contributed by atoms with Gasteiger partial charge in [-0.25, -0.2) is 14.8 Å². The van der Waals surface area contributed by atoms with Gasteiger partial charge in [0.1, 0.15) is 6.26 Å². The van der Waals surface area contributed by atoms with Crippen LogP contribution in [0.15, 0.2) is 87.3 Å². The van der Waals surface area contributed by atoms with Gasteiger partial charge in [-0.05, 0) is 17.7 Å². The minimum atomic E-state index is -0.456. The second-order valence-corrected chi connectivity index (χ2v) is 7.86. The van der Waals surface area contributed by atoms with E-state index in [0.717, 1.165) is 11.1 Å². The number of ether oxygens (including phenoxy) is 1. The van der Waals surface area contributed by atoms with E-state index in [1.165, 1.54) is 15.4 Å². The third kappa shape index (κ3) is 4.08. The standard InChI is InChI=1S/C25H23N5O4/c1-33-13-12-28-17-26-22-21(28)24(31)30(25(32)29(22)14-18-8-4-2-5-9-18)15-20-16-34-23(27-20)19-10-6-3-7-11-19/h2-11,16-17H,12-15H2,1H3. The van der Waals surface area contributed by atoms with Crippen LogP contribution in [0.2, 0.25) is 0 Å².